The van der Waals surface area contributed by atoms with Crippen LogP contribution in [0.5, 0.6) is 17.2 Å². The van der Waals surface area contributed by atoms with Gasteiger partial charge in [0.05, 0.1) is 10.9 Å². The molecule has 1 amide bonds. The molecule has 4 aromatic rings. The summed E-state index contributed by atoms with van der Waals surface area (Å²) in [4.78, 5) is 73.6. The highest BCUT2D eigenvalue weighted by Gasteiger charge is 2.50. The summed E-state index contributed by atoms with van der Waals surface area (Å²) < 4.78 is 23.0. The molecule has 3 aromatic carbocycles. The molecule has 6 rings (SSSR count). The number of rotatable bonds is 6. The SMILES string of the molecule is CC(=O)Nc1c(O)c2c(=O)c(C)c3c(c2c2nc4c(OC(C)=O)cc(N5CCN(CC(C)C)CC5)cc4oc12)C(=O)C(C)(OC(C)=O)O3. The van der Waals surface area contributed by atoms with Crippen molar-refractivity contribution in [1.29, 1.82) is 0 Å². The zero-order chi connectivity index (χ0) is 34.8. The Balaban J connectivity index is 1.66. The van der Waals surface area contributed by atoms with E-state index in [4.69, 9.17) is 23.6 Å². The summed E-state index contributed by atoms with van der Waals surface area (Å²) in [5, 5.41) is 13.6. The molecule has 1 fully saturated rings. The van der Waals surface area contributed by atoms with Gasteiger partial charge < -0.3 is 34.0 Å². The highest BCUT2D eigenvalue weighted by atomic mass is 16.7. The number of ether oxygens (including phenoxy) is 3. The fraction of sp³-hybridized carbons (Fsp3) is 0.412. The topological polar surface area (TPSA) is 178 Å². The molecule has 0 aliphatic carbocycles. The van der Waals surface area contributed by atoms with Gasteiger partial charge in [0, 0.05) is 89.2 Å². The van der Waals surface area contributed by atoms with Gasteiger partial charge in [-0.25, -0.2) is 4.98 Å². The lowest BCUT2D eigenvalue weighted by molar-refractivity contribution is -0.172. The lowest BCUT2D eigenvalue weighted by atomic mass is 9.93. The zero-order valence-corrected chi connectivity index (χ0v) is 27.7. The number of hydrogen-bond donors (Lipinski definition) is 2. The van der Waals surface area contributed by atoms with E-state index in [9.17, 15) is 29.1 Å². The maximum Gasteiger partial charge on any atom is 0.315 e. The average molecular weight is 661 g/mol. The Morgan fingerprint density at radius 1 is 1.04 bits per heavy atom. The molecule has 1 atom stereocenters. The number of nitrogens with zero attached hydrogens (tertiary/aromatic N) is 3. The molecule has 3 heterocycles. The van der Waals surface area contributed by atoms with E-state index in [1.165, 1.54) is 27.7 Å². The fourth-order valence-electron chi connectivity index (χ4n) is 6.51. The zero-order valence-electron chi connectivity index (χ0n) is 27.7. The smallest absolute Gasteiger partial charge is 0.315 e. The number of carbonyl (C=O) groups is 4. The van der Waals surface area contributed by atoms with E-state index in [-0.39, 0.29) is 61.3 Å². The number of carbonyl (C=O) groups excluding carboxylic acids is 4. The van der Waals surface area contributed by atoms with Crippen LogP contribution in [0.15, 0.2) is 21.3 Å². The summed E-state index contributed by atoms with van der Waals surface area (Å²) in [6.07, 6.45) is 0. The Morgan fingerprint density at radius 3 is 2.33 bits per heavy atom. The van der Waals surface area contributed by atoms with Gasteiger partial charge in [0.1, 0.15) is 22.5 Å². The highest BCUT2D eigenvalue weighted by molar-refractivity contribution is 6.26. The van der Waals surface area contributed by atoms with Crippen molar-refractivity contribution in [2.75, 3.05) is 42.9 Å². The van der Waals surface area contributed by atoms with E-state index < -0.39 is 40.6 Å². The standard InChI is InChI=1S/C34H36N4O10/c1-15(2)14-37-8-10-38(11-9-37)20-12-21(45-18(5)40)26-22(13-20)46-32-27(36-26)23-24(30(43)28(32)35-17(4)39)29(42)16(3)31-25(23)33(44)34(7,48-31)47-19(6)41/h12-13,15,43H,8-11,14H2,1-7H3,(H,35,39). The van der Waals surface area contributed by atoms with Gasteiger partial charge in [-0.3, -0.25) is 28.9 Å². The molecule has 14 heteroatoms. The fourth-order valence-corrected chi connectivity index (χ4v) is 6.51. The maximum atomic E-state index is 13.9. The number of amides is 1. The Kier molecular flexibility index (Phi) is 8.02. The van der Waals surface area contributed by atoms with E-state index in [1.807, 2.05) is 0 Å². The van der Waals surface area contributed by atoms with Crippen LogP contribution in [0.2, 0.25) is 0 Å². The molecule has 0 spiro atoms. The quantitative estimate of drug-likeness (QED) is 0.0997. The van der Waals surface area contributed by atoms with Gasteiger partial charge in [0.2, 0.25) is 5.91 Å². The van der Waals surface area contributed by atoms with Crippen molar-refractivity contribution in [3.05, 3.63) is 33.5 Å². The van der Waals surface area contributed by atoms with Gasteiger partial charge in [-0.15, -0.1) is 0 Å². The van der Waals surface area contributed by atoms with Crippen molar-refractivity contribution in [1.82, 2.24) is 9.88 Å². The van der Waals surface area contributed by atoms with E-state index in [0.29, 0.717) is 24.7 Å². The normalized spacial score (nSPS) is 18.0. The second-order valence-electron chi connectivity index (χ2n) is 12.7. The molecule has 2 N–H and O–H groups in total. The summed E-state index contributed by atoms with van der Waals surface area (Å²) in [5.41, 5.74) is -0.529. The molecule has 252 valence electrons. The predicted octanol–water partition coefficient (Wildman–Crippen LogP) is 4.02. The second-order valence-corrected chi connectivity index (χ2v) is 12.7. The number of anilines is 2. The predicted molar refractivity (Wildman–Crippen MR) is 176 cm³/mol. The van der Waals surface area contributed by atoms with E-state index in [0.717, 1.165) is 26.6 Å². The molecule has 0 saturated carbocycles. The number of phenols is 1. The third kappa shape index (κ3) is 5.45. The van der Waals surface area contributed by atoms with Crippen molar-refractivity contribution in [3.8, 4) is 17.2 Å². The lowest BCUT2D eigenvalue weighted by Crippen LogP contribution is -2.47. The molecule has 0 bridgehead atoms. The first-order valence-corrected chi connectivity index (χ1v) is 15.6. The highest BCUT2D eigenvalue weighted by Crippen LogP contribution is 2.48. The molecular formula is C34H36N4O10. The first kappa shape index (κ1) is 32.7. The summed E-state index contributed by atoms with van der Waals surface area (Å²) in [5.74, 6) is -5.13. The van der Waals surface area contributed by atoms with Crippen LogP contribution in [-0.4, -0.2) is 77.1 Å². The van der Waals surface area contributed by atoms with Gasteiger partial charge in [-0.1, -0.05) is 13.8 Å². The molecular weight excluding hydrogens is 624 g/mol. The minimum Gasteiger partial charge on any atom is -0.505 e. The number of Topliss-reactive ketones (excluding diaryl/α,β-unsaturated/α-hetero) is 1. The Morgan fingerprint density at radius 2 is 1.73 bits per heavy atom. The Bertz CT molecular complexity index is 2130. The van der Waals surface area contributed by atoms with Crippen molar-refractivity contribution >= 4 is 68.0 Å². The summed E-state index contributed by atoms with van der Waals surface area (Å²) in [6.45, 7) is 14.6. The Hall–Kier alpha value is -5.24. The molecule has 14 nitrogen and oxygen atoms in total. The molecule has 1 saturated heterocycles. The molecule has 1 aromatic heterocycles. The molecule has 0 radical (unpaired) electrons. The number of benzene rings is 3. The summed E-state index contributed by atoms with van der Waals surface area (Å²) in [7, 11) is 0. The van der Waals surface area contributed by atoms with Crippen LogP contribution in [0.25, 0.3) is 33.0 Å². The van der Waals surface area contributed by atoms with Crippen LogP contribution in [0.1, 0.15) is 57.5 Å². The van der Waals surface area contributed by atoms with Crippen molar-refractivity contribution in [2.45, 2.75) is 54.3 Å². The molecule has 48 heavy (non-hydrogen) atoms. The largest absolute Gasteiger partial charge is 0.505 e. The molecule has 1 unspecified atom stereocenters. The summed E-state index contributed by atoms with van der Waals surface area (Å²) >= 11 is 0. The molecule has 2 aliphatic rings. The van der Waals surface area contributed by atoms with Gasteiger partial charge in [0.15, 0.2) is 28.1 Å². The van der Waals surface area contributed by atoms with Crippen molar-refractivity contribution in [2.24, 2.45) is 5.92 Å². The van der Waals surface area contributed by atoms with Crippen LogP contribution in [0.4, 0.5) is 11.4 Å². The van der Waals surface area contributed by atoms with E-state index in [1.54, 1.807) is 12.1 Å². The minimum atomic E-state index is -2.11. The van der Waals surface area contributed by atoms with Crippen LogP contribution in [0, 0.1) is 12.8 Å². The number of nitrogens with one attached hydrogen (secondary N) is 1. The monoisotopic (exact) mass is 660 g/mol. The average Bonchev–Trinajstić information content (AvgIpc) is 3.25. The number of hydrogen-bond acceptors (Lipinski definition) is 13. The van der Waals surface area contributed by atoms with Gasteiger partial charge in [-0.05, 0) is 12.8 Å². The minimum absolute atomic E-state index is 0.0402. The number of ketones is 1. The van der Waals surface area contributed by atoms with Crippen molar-refractivity contribution in [3.63, 3.8) is 0 Å². The maximum absolute atomic E-state index is 13.9. The summed E-state index contributed by atoms with van der Waals surface area (Å²) in [6, 6.07) is 3.39. The van der Waals surface area contributed by atoms with E-state index >= 15 is 0 Å². The Labute approximate surface area is 274 Å². The van der Waals surface area contributed by atoms with Crippen molar-refractivity contribution < 1.29 is 42.9 Å². The second kappa shape index (κ2) is 11.8. The first-order valence-electron chi connectivity index (χ1n) is 15.6. The third-order valence-corrected chi connectivity index (χ3v) is 8.44. The van der Waals surface area contributed by atoms with Crippen LogP contribution >= 0.6 is 0 Å². The molecule has 2 aliphatic heterocycles. The van der Waals surface area contributed by atoms with Crippen LogP contribution in [-0.2, 0) is 19.1 Å². The number of phenolic OH excluding ortho intramolecular Hbond substituents is 1. The van der Waals surface area contributed by atoms with Crippen LogP contribution in [0.3, 0.4) is 0 Å². The van der Waals surface area contributed by atoms with Gasteiger partial charge >= 0.3 is 17.7 Å². The van der Waals surface area contributed by atoms with Crippen LogP contribution < -0.4 is 25.1 Å². The number of piperazine rings is 1. The number of esters is 2. The lowest BCUT2D eigenvalue weighted by Gasteiger charge is -2.37. The first-order chi connectivity index (χ1) is 22.6. The number of aromatic hydroxyl groups is 1. The third-order valence-electron chi connectivity index (χ3n) is 8.44. The number of aromatic nitrogens is 1. The van der Waals surface area contributed by atoms with Gasteiger partial charge in [-0.2, -0.15) is 0 Å². The van der Waals surface area contributed by atoms with E-state index in [2.05, 4.69) is 29.0 Å². The number of fused-ring (bicyclic) bond motifs is 6. The van der Waals surface area contributed by atoms with Gasteiger partial charge in [0.25, 0.3) is 5.78 Å².